The average Bonchev–Trinajstić information content (AvgIpc) is 2.47. The lowest BCUT2D eigenvalue weighted by Crippen LogP contribution is -1.99. The summed E-state index contributed by atoms with van der Waals surface area (Å²) < 4.78 is 5.21. The molecule has 0 aromatic heterocycles. The van der Waals surface area contributed by atoms with Gasteiger partial charge in [-0.1, -0.05) is 43.7 Å². The maximum Gasteiger partial charge on any atom is 0.120 e. The normalized spacial score (nSPS) is 10.2. The van der Waals surface area contributed by atoms with Crippen LogP contribution in [0.5, 0.6) is 5.75 Å². The van der Waals surface area contributed by atoms with Crippen LogP contribution in [0.3, 0.4) is 0 Å². The number of benzene rings is 2. The fourth-order valence-corrected chi connectivity index (χ4v) is 2.05. The monoisotopic (exact) mass is 255 g/mol. The molecule has 1 N–H and O–H groups in total. The molecule has 0 atom stereocenters. The summed E-state index contributed by atoms with van der Waals surface area (Å²) in [5, 5.41) is 3.41. The number of ether oxygens (including phenoxy) is 1. The molecule has 0 radical (unpaired) electrons. The van der Waals surface area contributed by atoms with Crippen LogP contribution >= 0.6 is 0 Å². The van der Waals surface area contributed by atoms with Gasteiger partial charge in [-0.2, -0.15) is 0 Å². The van der Waals surface area contributed by atoms with Crippen molar-refractivity contribution in [1.82, 2.24) is 0 Å². The van der Waals surface area contributed by atoms with Gasteiger partial charge in [0.15, 0.2) is 0 Å². The van der Waals surface area contributed by atoms with E-state index < -0.39 is 0 Å². The van der Waals surface area contributed by atoms with Crippen LogP contribution in [0, 0.1) is 0 Å². The van der Waals surface area contributed by atoms with E-state index in [1.165, 1.54) is 17.5 Å². The molecule has 0 unspecified atom stereocenters. The smallest absolute Gasteiger partial charge is 0.120 e. The van der Waals surface area contributed by atoms with E-state index in [2.05, 4.69) is 36.5 Å². The molecule has 0 saturated carbocycles. The molecule has 0 spiro atoms. The molecular weight excluding hydrogens is 234 g/mol. The second-order valence-corrected chi connectivity index (χ2v) is 4.65. The number of rotatable bonds is 6. The third-order valence-corrected chi connectivity index (χ3v) is 3.13. The zero-order chi connectivity index (χ0) is 13.5. The van der Waals surface area contributed by atoms with Crippen molar-refractivity contribution in [3.05, 3.63) is 59.7 Å². The highest BCUT2D eigenvalue weighted by Gasteiger charge is 1.97. The van der Waals surface area contributed by atoms with Crippen molar-refractivity contribution in [2.45, 2.75) is 26.3 Å². The van der Waals surface area contributed by atoms with E-state index in [-0.39, 0.29) is 0 Å². The molecule has 19 heavy (non-hydrogen) atoms. The lowest BCUT2D eigenvalue weighted by molar-refractivity contribution is 0.415. The summed E-state index contributed by atoms with van der Waals surface area (Å²) in [5.74, 6) is 0.878. The third kappa shape index (κ3) is 4.02. The van der Waals surface area contributed by atoms with Gasteiger partial charge in [-0.25, -0.2) is 0 Å². The van der Waals surface area contributed by atoms with Gasteiger partial charge < -0.3 is 10.1 Å². The molecule has 2 aromatic carbocycles. The van der Waals surface area contributed by atoms with Crippen molar-refractivity contribution < 1.29 is 4.74 Å². The zero-order valence-electron chi connectivity index (χ0n) is 11.6. The van der Waals surface area contributed by atoms with E-state index >= 15 is 0 Å². The summed E-state index contributed by atoms with van der Waals surface area (Å²) in [4.78, 5) is 0. The highest BCUT2D eigenvalue weighted by atomic mass is 16.5. The molecule has 2 heteroatoms. The number of anilines is 1. The lowest BCUT2D eigenvalue weighted by Gasteiger charge is -2.08. The van der Waals surface area contributed by atoms with E-state index in [9.17, 15) is 0 Å². The molecule has 2 nitrogen and oxygen atoms in total. The van der Waals surface area contributed by atoms with Gasteiger partial charge in [-0.15, -0.1) is 0 Å². The van der Waals surface area contributed by atoms with Gasteiger partial charge in [0.25, 0.3) is 0 Å². The molecule has 0 aliphatic heterocycles. The summed E-state index contributed by atoms with van der Waals surface area (Å²) in [7, 11) is 1.69. The molecular formula is C17H21NO. The Bertz CT molecular complexity index is 505. The SMILES string of the molecule is CCCc1ccc(CNc2cccc(OC)c2)cc1. The molecule has 0 amide bonds. The second kappa shape index (κ2) is 6.83. The number of aryl methyl sites for hydroxylation is 1. The van der Waals surface area contributed by atoms with Gasteiger partial charge in [0.05, 0.1) is 7.11 Å². The minimum atomic E-state index is 0.833. The van der Waals surface area contributed by atoms with Crippen molar-refractivity contribution in [1.29, 1.82) is 0 Å². The quantitative estimate of drug-likeness (QED) is 0.832. The average molecular weight is 255 g/mol. The van der Waals surface area contributed by atoms with Crippen LogP contribution in [0.4, 0.5) is 5.69 Å². The minimum Gasteiger partial charge on any atom is -0.497 e. The topological polar surface area (TPSA) is 21.3 Å². The Morgan fingerprint density at radius 1 is 1.00 bits per heavy atom. The fourth-order valence-electron chi connectivity index (χ4n) is 2.05. The van der Waals surface area contributed by atoms with Crippen LogP contribution < -0.4 is 10.1 Å². The van der Waals surface area contributed by atoms with Crippen molar-refractivity contribution in [3.63, 3.8) is 0 Å². The predicted molar refractivity (Wildman–Crippen MR) is 80.8 cm³/mol. The third-order valence-electron chi connectivity index (χ3n) is 3.13. The highest BCUT2D eigenvalue weighted by Crippen LogP contribution is 2.17. The predicted octanol–water partition coefficient (Wildman–Crippen LogP) is 4.26. The Balaban J connectivity index is 1.94. The van der Waals surface area contributed by atoms with Crippen LogP contribution in [0.2, 0.25) is 0 Å². The van der Waals surface area contributed by atoms with Crippen molar-refractivity contribution in [2.75, 3.05) is 12.4 Å². The molecule has 0 aliphatic carbocycles. The fraction of sp³-hybridized carbons (Fsp3) is 0.294. The van der Waals surface area contributed by atoms with E-state index in [0.717, 1.165) is 24.4 Å². The summed E-state index contributed by atoms with van der Waals surface area (Å²) in [6.45, 7) is 3.04. The maximum atomic E-state index is 5.21. The second-order valence-electron chi connectivity index (χ2n) is 4.65. The number of hydrogen-bond donors (Lipinski definition) is 1. The Kier molecular flexibility index (Phi) is 4.85. The van der Waals surface area contributed by atoms with Gasteiger partial charge in [0.2, 0.25) is 0 Å². The van der Waals surface area contributed by atoms with Gasteiger partial charge >= 0.3 is 0 Å². The first-order valence-electron chi connectivity index (χ1n) is 6.77. The van der Waals surface area contributed by atoms with Gasteiger partial charge in [-0.05, 0) is 29.7 Å². The van der Waals surface area contributed by atoms with Crippen molar-refractivity contribution in [2.24, 2.45) is 0 Å². The maximum absolute atomic E-state index is 5.21. The largest absolute Gasteiger partial charge is 0.497 e. The Labute approximate surface area is 115 Å². The first-order chi connectivity index (χ1) is 9.31. The van der Waals surface area contributed by atoms with E-state index in [0.29, 0.717) is 0 Å². The van der Waals surface area contributed by atoms with Crippen LogP contribution in [0.25, 0.3) is 0 Å². The summed E-state index contributed by atoms with van der Waals surface area (Å²) in [6, 6.07) is 16.8. The summed E-state index contributed by atoms with van der Waals surface area (Å²) in [5.41, 5.74) is 3.78. The molecule has 0 saturated heterocycles. The van der Waals surface area contributed by atoms with E-state index in [1.54, 1.807) is 7.11 Å². The molecule has 0 heterocycles. The number of methoxy groups -OCH3 is 1. The Morgan fingerprint density at radius 2 is 1.74 bits per heavy atom. The van der Waals surface area contributed by atoms with Gasteiger partial charge in [0.1, 0.15) is 5.75 Å². The standard InChI is InChI=1S/C17H21NO/c1-3-5-14-8-10-15(11-9-14)13-18-16-6-4-7-17(12-16)19-2/h4,6-12,18H,3,5,13H2,1-2H3. The van der Waals surface area contributed by atoms with Crippen LogP contribution in [-0.2, 0) is 13.0 Å². The Hall–Kier alpha value is -1.96. The van der Waals surface area contributed by atoms with Crippen LogP contribution in [0.1, 0.15) is 24.5 Å². The molecule has 0 bridgehead atoms. The van der Waals surface area contributed by atoms with Crippen molar-refractivity contribution >= 4 is 5.69 Å². The first-order valence-corrected chi connectivity index (χ1v) is 6.77. The number of hydrogen-bond acceptors (Lipinski definition) is 2. The highest BCUT2D eigenvalue weighted by molar-refractivity contribution is 5.48. The van der Waals surface area contributed by atoms with Gasteiger partial charge in [0, 0.05) is 18.3 Å². The Morgan fingerprint density at radius 3 is 2.42 bits per heavy atom. The van der Waals surface area contributed by atoms with E-state index in [4.69, 9.17) is 4.74 Å². The lowest BCUT2D eigenvalue weighted by atomic mass is 10.1. The van der Waals surface area contributed by atoms with Crippen molar-refractivity contribution in [3.8, 4) is 5.75 Å². The zero-order valence-corrected chi connectivity index (χ0v) is 11.6. The summed E-state index contributed by atoms with van der Waals surface area (Å²) >= 11 is 0. The number of nitrogens with one attached hydrogen (secondary N) is 1. The molecule has 0 aliphatic rings. The van der Waals surface area contributed by atoms with E-state index in [1.807, 2.05) is 24.3 Å². The molecule has 100 valence electrons. The molecule has 2 rings (SSSR count). The minimum absolute atomic E-state index is 0.833. The van der Waals surface area contributed by atoms with Crippen LogP contribution in [0.15, 0.2) is 48.5 Å². The molecule has 0 fully saturated rings. The summed E-state index contributed by atoms with van der Waals surface area (Å²) in [6.07, 6.45) is 2.35. The van der Waals surface area contributed by atoms with Gasteiger partial charge in [-0.3, -0.25) is 0 Å². The first kappa shape index (κ1) is 13.5. The van der Waals surface area contributed by atoms with Crippen LogP contribution in [-0.4, -0.2) is 7.11 Å². The molecule has 2 aromatic rings.